The van der Waals surface area contributed by atoms with Gasteiger partial charge in [0.05, 0.1) is 15.5 Å². The first-order valence-corrected chi connectivity index (χ1v) is 27.0. The Kier molecular flexibility index (Phi) is 8.31. The molecule has 0 aliphatic carbocycles. The van der Waals surface area contributed by atoms with Gasteiger partial charge in [-0.25, -0.2) is 0 Å². The summed E-state index contributed by atoms with van der Waals surface area (Å²) >= 11 is 1.76. The maximum Gasteiger partial charge on any atom is 0.151 e. The van der Waals surface area contributed by atoms with Crippen molar-refractivity contribution in [2.45, 2.75) is 36.0 Å². The van der Waals surface area contributed by atoms with Crippen molar-refractivity contribution in [1.82, 2.24) is 0 Å². The van der Waals surface area contributed by atoms with Crippen LogP contribution in [0.2, 0.25) is 26.2 Å². The van der Waals surface area contributed by atoms with Crippen LogP contribution in [-0.2, 0) is 0 Å². The van der Waals surface area contributed by atoms with Crippen LogP contribution in [0.4, 0.5) is 17.1 Å². The number of hydrogen-bond donors (Lipinski definition) is 0. The minimum absolute atomic E-state index is 0.892. The molecule has 3 aliphatic heterocycles. The Labute approximate surface area is 351 Å². The van der Waals surface area contributed by atoms with Crippen LogP contribution in [0, 0.1) is 0 Å². The summed E-state index contributed by atoms with van der Waals surface area (Å²) < 4.78 is 20.2. The zero-order chi connectivity index (χ0) is 39.9. The van der Waals surface area contributed by atoms with Crippen molar-refractivity contribution in [3.8, 4) is 56.8 Å². The SMILES string of the molecule is C[Si]1(C)c2ccccc2Oc2c(-c3ccc(N(c4ccc(-c5cccc6c5Oc5ccccc5S6)cc4)c4cccc5c4Oc4ccccc4[Si]5(C)C)cc3)cccc21. The number of para-hydroxylation sites is 6. The summed E-state index contributed by atoms with van der Waals surface area (Å²) in [5, 5.41) is 5.28. The van der Waals surface area contributed by atoms with E-state index in [1.807, 2.05) is 12.1 Å². The summed E-state index contributed by atoms with van der Waals surface area (Å²) in [7, 11) is -4.06. The first kappa shape index (κ1) is 35.9. The van der Waals surface area contributed by atoms with E-state index in [0.717, 1.165) is 83.6 Å². The standard InChI is InChI=1S/C52H41NO3SSi2/c1-58(2)46-22-9-6-18-42(46)55-51-39(15-12-24-48(51)58)35-28-32-37(33-29-35)53(40-16-13-25-49-52(40)56-43-19-7-10-23-47(43)59(49,3)4)36-30-26-34(27-31-36)38-14-11-21-45-50(38)54-41-17-5-8-20-44(41)57-45/h5-33H,1-4H3. The van der Waals surface area contributed by atoms with Crippen LogP contribution in [0.25, 0.3) is 22.3 Å². The molecule has 0 amide bonds. The largest absolute Gasteiger partial charge is 0.457 e. The second-order valence-electron chi connectivity index (χ2n) is 16.5. The van der Waals surface area contributed by atoms with Crippen LogP contribution in [0.15, 0.2) is 186 Å². The Morgan fingerprint density at radius 1 is 0.373 bits per heavy atom. The zero-order valence-electron chi connectivity index (χ0n) is 33.3. The molecule has 0 saturated heterocycles. The molecule has 0 fully saturated rings. The van der Waals surface area contributed by atoms with E-state index in [0.29, 0.717) is 0 Å². The number of rotatable bonds is 5. The molecule has 0 aromatic heterocycles. The van der Waals surface area contributed by atoms with E-state index in [1.54, 1.807) is 11.8 Å². The fraction of sp³-hybridized carbons (Fsp3) is 0.0769. The lowest BCUT2D eigenvalue weighted by Gasteiger charge is -2.36. The van der Waals surface area contributed by atoms with E-state index in [2.05, 4.69) is 195 Å². The number of fused-ring (bicyclic) bond motifs is 6. The Balaban J connectivity index is 1.02. The van der Waals surface area contributed by atoms with Crippen molar-refractivity contribution in [3.63, 3.8) is 0 Å². The quantitative estimate of drug-likeness (QED) is 0.162. The lowest BCUT2D eigenvalue weighted by molar-refractivity contribution is 0.456. The van der Waals surface area contributed by atoms with E-state index < -0.39 is 16.1 Å². The van der Waals surface area contributed by atoms with Gasteiger partial charge in [-0.2, -0.15) is 0 Å². The highest BCUT2D eigenvalue weighted by Gasteiger charge is 2.39. The molecule has 3 heterocycles. The molecule has 0 N–H and O–H groups in total. The molecule has 0 unspecified atom stereocenters. The second-order valence-corrected chi connectivity index (χ2v) is 26.2. The Hall–Kier alpha value is -6.26. The van der Waals surface area contributed by atoms with Gasteiger partial charge in [-0.3, -0.25) is 0 Å². The Morgan fingerprint density at radius 3 is 1.44 bits per heavy atom. The van der Waals surface area contributed by atoms with E-state index in [4.69, 9.17) is 14.2 Å². The number of benzene rings is 8. The molecule has 286 valence electrons. The summed E-state index contributed by atoms with van der Waals surface area (Å²) in [4.78, 5) is 4.59. The molecular formula is C52H41NO3SSi2. The molecule has 8 aromatic rings. The molecule has 7 heteroatoms. The van der Waals surface area contributed by atoms with Gasteiger partial charge in [0.2, 0.25) is 0 Å². The molecule has 0 atom stereocenters. The molecule has 11 rings (SSSR count). The van der Waals surface area contributed by atoms with Crippen LogP contribution >= 0.6 is 11.8 Å². The lowest BCUT2D eigenvalue weighted by Crippen LogP contribution is -2.56. The summed E-state index contributed by atoms with van der Waals surface area (Å²) in [6.07, 6.45) is 0. The van der Waals surface area contributed by atoms with E-state index in [9.17, 15) is 0 Å². The highest BCUT2D eigenvalue weighted by atomic mass is 32.2. The maximum atomic E-state index is 6.92. The van der Waals surface area contributed by atoms with Gasteiger partial charge in [0.1, 0.15) is 44.9 Å². The van der Waals surface area contributed by atoms with Gasteiger partial charge < -0.3 is 19.1 Å². The minimum atomic E-state index is -2.09. The summed E-state index contributed by atoms with van der Waals surface area (Å²) in [6.45, 7) is 9.70. The van der Waals surface area contributed by atoms with Gasteiger partial charge in [0.15, 0.2) is 5.75 Å². The average molecular weight is 816 g/mol. The highest BCUT2D eigenvalue weighted by Crippen LogP contribution is 2.51. The summed E-state index contributed by atoms with van der Waals surface area (Å²) in [5.74, 6) is 5.62. The summed E-state index contributed by atoms with van der Waals surface area (Å²) in [6, 6.07) is 62.8. The fourth-order valence-electron chi connectivity index (χ4n) is 9.10. The molecule has 8 aromatic carbocycles. The predicted octanol–water partition coefficient (Wildman–Crippen LogP) is 12.6. The smallest absolute Gasteiger partial charge is 0.151 e. The molecule has 3 aliphatic rings. The fourth-order valence-corrected chi connectivity index (χ4v) is 15.7. The van der Waals surface area contributed by atoms with Gasteiger partial charge >= 0.3 is 0 Å². The number of ether oxygens (including phenoxy) is 3. The van der Waals surface area contributed by atoms with Crippen molar-refractivity contribution in [3.05, 3.63) is 176 Å². The summed E-state index contributed by atoms with van der Waals surface area (Å²) in [5.41, 5.74) is 7.47. The molecule has 0 saturated carbocycles. The van der Waals surface area contributed by atoms with Crippen molar-refractivity contribution in [2.75, 3.05) is 4.90 Å². The third kappa shape index (κ3) is 5.79. The number of anilines is 3. The molecule has 0 spiro atoms. The molecule has 59 heavy (non-hydrogen) atoms. The Bertz CT molecular complexity index is 2960. The topological polar surface area (TPSA) is 30.9 Å². The highest BCUT2D eigenvalue weighted by molar-refractivity contribution is 7.99. The van der Waals surface area contributed by atoms with Crippen molar-refractivity contribution in [2.24, 2.45) is 0 Å². The van der Waals surface area contributed by atoms with Crippen molar-refractivity contribution >= 4 is 65.7 Å². The second kappa shape index (κ2) is 13.7. The van der Waals surface area contributed by atoms with Crippen LogP contribution in [0.3, 0.4) is 0 Å². The number of hydrogen-bond acceptors (Lipinski definition) is 5. The molecule has 0 radical (unpaired) electrons. The van der Waals surface area contributed by atoms with Crippen LogP contribution < -0.4 is 39.9 Å². The molecule has 0 bridgehead atoms. The van der Waals surface area contributed by atoms with Crippen LogP contribution in [-0.4, -0.2) is 16.1 Å². The lowest BCUT2D eigenvalue weighted by atomic mass is 10.0. The zero-order valence-corrected chi connectivity index (χ0v) is 36.1. The van der Waals surface area contributed by atoms with Crippen molar-refractivity contribution in [1.29, 1.82) is 0 Å². The predicted molar refractivity (Wildman–Crippen MR) is 249 cm³/mol. The monoisotopic (exact) mass is 815 g/mol. The molecule has 4 nitrogen and oxygen atoms in total. The third-order valence-corrected chi connectivity index (χ3v) is 20.4. The maximum absolute atomic E-state index is 6.92. The van der Waals surface area contributed by atoms with Gasteiger partial charge in [-0.1, -0.05) is 153 Å². The van der Waals surface area contributed by atoms with Gasteiger partial charge in [-0.05, 0) is 92.5 Å². The van der Waals surface area contributed by atoms with E-state index >= 15 is 0 Å². The van der Waals surface area contributed by atoms with Gasteiger partial charge in [0.25, 0.3) is 0 Å². The third-order valence-electron chi connectivity index (χ3n) is 12.3. The Morgan fingerprint density at radius 2 is 0.814 bits per heavy atom. The van der Waals surface area contributed by atoms with Gasteiger partial charge in [-0.15, -0.1) is 0 Å². The van der Waals surface area contributed by atoms with Crippen LogP contribution in [0.1, 0.15) is 0 Å². The van der Waals surface area contributed by atoms with Gasteiger partial charge in [0, 0.05) is 22.5 Å². The van der Waals surface area contributed by atoms with E-state index in [-0.39, 0.29) is 0 Å². The normalized spacial score (nSPS) is 14.7. The van der Waals surface area contributed by atoms with Crippen LogP contribution in [0.5, 0.6) is 34.5 Å². The average Bonchev–Trinajstić information content (AvgIpc) is 3.26. The number of nitrogens with zero attached hydrogens (tertiary/aromatic N) is 1. The molecular weight excluding hydrogens is 775 g/mol. The first-order valence-electron chi connectivity index (χ1n) is 20.2. The van der Waals surface area contributed by atoms with E-state index in [1.165, 1.54) is 20.7 Å². The van der Waals surface area contributed by atoms with Crippen molar-refractivity contribution < 1.29 is 14.2 Å². The minimum Gasteiger partial charge on any atom is -0.457 e. The first-order chi connectivity index (χ1) is 28.8.